The number of carbonyl (C=O) groups is 2. The first-order valence-electron chi connectivity index (χ1n) is 11.2. The van der Waals surface area contributed by atoms with Crippen LogP contribution in [0.1, 0.15) is 50.9 Å². The second kappa shape index (κ2) is 10.5. The molecule has 0 radical (unpaired) electrons. The van der Waals surface area contributed by atoms with E-state index in [-0.39, 0.29) is 24.8 Å². The minimum absolute atomic E-state index is 0.120. The zero-order valence-electron chi connectivity index (χ0n) is 20.0. The highest BCUT2D eigenvalue weighted by Gasteiger charge is 2.23. The zero-order valence-corrected chi connectivity index (χ0v) is 20.0. The molecule has 0 atom stereocenters. The second-order valence-corrected chi connectivity index (χ2v) is 8.80. The van der Waals surface area contributed by atoms with Crippen molar-refractivity contribution in [3.8, 4) is 5.75 Å². The summed E-state index contributed by atoms with van der Waals surface area (Å²) in [6, 6.07) is 11.6. The van der Waals surface area contributed by atoms with Crippen LogP contribution in [-0.4, -0.2) is 40.8 Å². The number of hydrogen-bond donors (Lipinski definition) is 0. The number of ether oxygens (including phenoxy) is 3. The molecule has 33 heavy (non-hydrogen) atoms. The van der Waals surface area contributed by atoms with Gasteiger partial charge in [-0.25, -0.2) is 4.98 Å². The van der Waals surface area contributed by atoms with Crippen molar-refractivity contribution in [2.24, 2.45) is 0 Å². The molecule has 0 unspecified atom stereocenters. The van der Waals surface area contributed by atoms with Crippen LogP contribution in [0.25, 0.3) is 11.0 Å². The van der Waals surface area contributed by atoms with Crippen LogP contribution in [0.4, 0.5) is 0 Å². The van der Waals surface area contributed by atoms with Crippen molar-refractivity contribution in [1.82, 2.24) is 9.55 Å². The largest absolute Gasteiger partial charge is 0.497 e. The maximum absolute atomic E-state index is 12.5. The quantitative estimate of drug-likeness (QED) is 0.446. The summed E-state index contributed by atoms with van der Waals surface area (Å²) in [6.45, 7) is 8.19. The summed E-state index contributed by atoms with van der Waals surface area (Å²) in [6.07, 6.45) is 2.48. The second-order valence-electron chi connectivity index (χ2n) is 8.80. The number of rotatable bonds is 9. The Bertz CT molecular complexity index is 1110. The van der Waals surface area contributed by atoms with E-state index >= 15 is 0 Å². The van der Waals surface area contributed by atoms with Crippen LogP contribution < -0.4 is 4.74 Å². The third-order valence-corrected chi connectivity index (χ3v) is 5.15. The van der Waals surface area contributed by atoms with Crippen molar-refractivity contribution in [2.75, 3.05) is 13.7 Å². The normalized spacial score (nSPS) is 11.4. The highest BCUT2D eigenvalue weighted by molar-refractivity contribution is 5.87. The van der Waals surface area contributed by atoms with Crippen LogP contribution in [0.5, 0.6) is 5.75 Å². The van der Waals surface area contributed by atoms with Crippen LogP contribution >= 0.6 is 0 Å². The van der Waals surface area contributed by atoms with Crippen molar-refractivity contribution in [3.63, 3.8) is 0 Å². The number of hydrogen-bond acceptors (Lipinski definition) is 6. The first kappa shape index (κ1) is 24.3. The summed E-state index contributed by atoms with van der Waals surface area (Å²) < 4.78 is 18.1. The van der Waals surface area contributed by atoms with Gasteiger partial charge in [0, 0.05) is 23.8 Å². The van der Waals surface area contributed by atoms with Gasteiger partial charge >= 0.3 is 11.9 Å². The number of fused-ring (bicyclic) bond motifs is 1. The van der Waals surface area contributed by atoms with Gasteiger partial charge in [0.1, 0.15) is 17.0 Å². The van der Waals surface area contributed by atoms with Gasteiger partial charge in [-0.3, -0.25) is 9.59 Å². The Balaban J connectivity index is 2.02. The minimum atomic E-state index is -0.553. The molecule has 2 heterocycles. The Labute approximate surface area is 194 Å². The molecular weight excluding hydrogens is 420 g/mol. The standard InChI is InChI=1S/C26H32N2O5/c1-6-32-24(30)16-21-20-8-7-15-27-25(20)28(17-18-9-11-19(31-5)12-10-18)22(21)13-14-23(29)33-26(2,3)4/h7-12,15H,6,13-14,16-17H2,1-5H3. The molecule has 7 nitrogen and oxygen atoms in total. The molecule has 3 rings (SSSR count). The molecule has 7 heteroatoms. The number of methoxy groups -OCH3 is 1. The Kier molecular flexibility index (Phi) is 7.74. The molecule has 0 bridgehead atoms. The van der Waals surface area contributed by atoms with Crippen molar-refractivity contribution < 1.29 is 23.8 Å². The number of benzene rings is 1. The SMILES string of the molecule is CCOC(=O)Cc1c(CCC(=O)OC(C)(C)C)n(Cc2ccc(OC)cc2)c2ncccc12. The van der Waals surface area contributed by atoms with Gasteiger partial charge in [-0.05, 0) is 69.5 Å². The lowest BCUT2D eigenvalue weighted by molar-refractivity contribution is -0.154. The summed E-state index contributed by atoms with van der Waals surface area (Å²) in [5.74, 6) is 0.199. The van der Waals surface area contributed by atoms with E-state index in [0.29, 0.717) is 19.6 Å². The predicted octanol–water partition coefficient (Wildman–Crippen LogP) is 4.47. The van der Waals surface area contributed by atoms with Crippen LogP contribution in [0, 0.1) is 0 Å². The average Bonchev–Trinajstić information content (AvgIpc) is 3.04. The molecule has 0 N–H and O–H groups in total. The Morgan fingerprint density at radius 1 is 1.06 bits per heavy atom. The molecule has 0 amide bonds. The van der Waals surface area contributed by atoms with E-state index < -0.39 is 5.60 Å². The van der Waals surface area contributed by atoms with Crippen molar-refractivity contribution in [2.45, 2.75) is 59.1 Å². The third-order valence-electron chi connectivity index (χ3n) is 5.15. The van der Waals surface area contributed by atoms with Crippen molar-refractivity contribution in [3.05, 3.63) is 59.4 Å². The van der Waals surface area contributed by atoms with Crippen LogP contribution in [0.2, 0.25) is 0 Å². The summed E-state index contributed by atoms with van der Waals surface area (Å²) in [5, 5.41) is 0.887. The van der Waals surface area contributed by atoms with E-state index in [0.717, 1.165) is 33.6 Å². The molecule has 0 saturated carbocycles. The van der Waals surface area contributed by atoms with E-state index in [1.54, 1.807) is 20.2 Å². The molecule has 0 saturated heterocycles. The summed E-state index contributed by atoms with van der Waals surface area (Å²) in [5.41, 5.74) is 3.00. The number of aromatic nitrogens is 2. The van der Waals surface area contributed by atoms with Gasteiger partial charge in [-0.2, -0.15) is 0 Å². The van der Waals surface area contributed by atoms with E-state index in [1.807, 2.05) is 57.2 Å². The smallest absolute Gasteiger partial charge is 0.310 e. The van der Waals surface area contributed by atoms with E-state index in [4.69, 9.17) is 14.2 Å². The maximum atomic E-state index is 12.5. The fourth-order valence-corrected chi connectivity index (χ4v) is 3.83. The maximum Gasteiger partial charge on any atom is 0.310 e. The van der Waals surface area contributed by atoms with Crippen molar-refractivity contribution >= 4 is 23.0 Å². The molecule has 0 fully saturated rings. The monoisotopic (exact) mass is 452 g/mol. The molecule has 0 spiro atoms. The molecule has 2 aromatic heterocycles. The van der Waals surface area contributed by atoms with Gasteiger partial charge in [-0.1, -0.05) is 12.1 Å². The van der Waals surface area contributed by atoms with Gasteiger partial charge in [0.25, 0.3) is 0 Å². The molecule has 1 aromatic carbocycles. The van der Waals surface area contributed by atoms with E-state index in [9.17, 15) is 9.59 Å². The van der Waals surface area contributed by atoms with E-state index in [1.165, 1.54) is 0 Å². The molecule has 176 valence electrons. The topological polar surface area (TPSA) is 79.7 Å². The van der Waals surface area contributed by atoms with Gasteiger partial charge in [-0.15, -0.1) is 0 Å². The molecule has 0 aliphatic carbocycles. The number of esters is 2. The van der Waals surface area contributed by atoms with Crippen LogP contribution in [-0.2, 0) is 38.4 Å². The number of pyridine rings is 1. The number of carbonyl (C=O) groups excluding carboxylic acids is 2. The predicted molar refractivity (Wildman–Crippen MR) is 126 cm³/mol. The lowest BCUT2D eigenvalue weighted by Crippen LogP contribution is -2.24. The summed E-state index contributed by atoms with van der Waals surface area (Å²) >= 11 is 0. The molecular formula is C26H32N2O5. The van der Waals surface area contributed by atoms with E-state index in [2.05, 4.69) is 9.55 Å². The Morgan fingerprint density at radius 3 is 2.42 bits per heavy atom. The summed E-state index contributed by atoms with van der Waals surface area (Å²) in [4.78, 5) is 29.5. The fourth-order valence-electron chi connectivity index (χ4n) is 3.83. The van der Waals surface area contributed by atoms with Gasteiger partial charge < -0.3 is 18.8 Å². The highest BCUT2D eigenvalue weighted by atomic mass is 16.6. The highest BCUT2D eigenvalue weighted by Crippen LogP contribution is 2.28. The van der Waals surface area contributed by atoms with Crippen LogP contribution in [0.3, 0.4) is 0 Å². The lowest BCUT2D eigenvalue weighted by atomic mass is 10.1. The van der Waals surface area contributed by atoms with Crippen LogP contribution in [0.15, 0.2) is 42.6 Å². The van der Waals surface area contributed by atoms with Gasteiger partial charge in [0.15, 0.2) is 0 Å². The fraction of sp³-hybridized carbons (Fsp3) is 0.423. The average molecular weight is 453 g/mol. The Hall–Kier alpha value is -3.35. The molecule has 0 aliphatic heterocycles. The third kappa shape index (κ3) is 6.34. The molecule has 0 aliphatic rings. The summed E-state index contributed by atoms with van der Waals surface area (Å²) in [7, 11) is 1.63. The van der Waals surface area contributed by atoms with Gasteiger partial charge in [0.2, 0.25) is 0 Å². The first-order valence-corrected chi connectivity index (χ1v) is 11.2. The first-order chi connectivity index (χ1) is 15.7. The zero-order chi connectivity index (χ0) is 24.0. The van der Waals surface area contributed by atoms with Gasteiger partial charge in [0.05, 0.1) is 26.6 Å². The molecule has 3 aromatic rings. The minimum Gasteiger partial charge on any atom is -0.497 e. The Morgan fingerprint density at radius 2 is 1.79 bits per heavy atom. The van der Waals surface area contributed by atoms with Crippen molar-refractivity contribution in [1.29, 1.82) is 0 Å². The number of nitrogens with zero attached hydrogens (tertiary/aromatic N) is 2. The lowest BCUT2D eigenvalue weighted by Gasteiger charge is -2.20.